The van der Waals surface area contributed by atoms with Crippen molar-refractivity contribution in [3.63, 3.8) is 0 Å². The van der Waals surface area contributed by atoms with Gasteiger partial charge in [-0.1, -0.05) is 23.5 Å². The van der Waals surface area contributed by atoms with Crippen molar-refractivity contribution in [3.8, 4) is 17.2 Å². The predicted octanol–water partition coefficient (Wildman–Crippen LogP) is 2.43. The van der Waals surface area contributed by atoms with Crippen LogP contribution in [0.1, 0.15) is 31.0 Å². The van der Waals surface area contributed by atoms with Gasteiger partial charge in [0.05, 0.1) is 47.6 Å². The number of ether oxygens (including phenoxy) is 3. The van der Waals surface area contributed by atoms with E-state index in [4.69, 9.17) is 14.2 Å². The van der Waals surface area contributed by atoms with Crippen molar-refractivity contribution >= 4 is 29.1 Å². The van der Waals surface area contributed by atoms with Crippen molar-refractivity contribution in [2.45, 2.75) is 19.9 Å². The van der Waals surface area contributed by atoms with Crippen LogP contribution in [0.3, 0.4) is 0 Å². The van der Waals surface area contributed by atoms with Crippen molar-refractivity contribution < 1.29 is 29.0 Å². The number of nitrogens with zero attached hydrogens (tertiary/aromatic N) is 3. The van der Waals surface area contributed by atoms with Gasteiger partial charge in [-0.05, 0) is 49.2 Å². The average molecular weight is 526 g/mol. The zero-order valence-corrected chi connectivity index (χ0v) is 21.2. The normalized spacial score (nSPS) is 15.1. The monoisotopic (exact) mass is 525 g/mol. The summed E-state index contributed by atoms with van der Waals surface area (Å²) < 4.78 is 17.2. The minimum Gasteiger partial charge on any atom is -0.500 e. The Balaban J connectivity index is 1.95. The maximum absolute atomic E-state index is 13.7. The molecule has 37 heavy (non-hydrogen) atoms. The largest absolute Gasteiger partial charge is 0.500 e. The van der Waals surface area contributed by atoms with Gasteiger partial charge in [0, 0.05) is 6.07 Å². The summed E-state index contributed by atoms with van der Waals surface area (Å²) in [5.74, 6) is -0.694. The van der Waals surface area contributed by atoms with Gasteiger partial charge in [0.15, 0.2) is 10.6 Å². The van der Waals surface area contributed by atoms with Crippen LogP contribution in [0, 0.1) is 10.1 Å². The number of phenols is 1. The van der Waals surface area contributed by atoms with Gasteiger partial charge >= 0.3 is 11.7 Å². The van der Waals surface area contributed by atoms with Gasteiger partial charge in [0.2, 0.25) is 5.75 Å². The number of nitro groups is 1. The maximum Gasteiger partial charge on any atom is 0.338 e. The average Bonchev–Trinajstić information content (AvgIpc) is 3.18. The topological polar surface area (TPSA) is 142 Å². The van der Waals surface area contributed by atoms with E-state index >= 15 is 0 Å². The summed E-state index contributed by atoms with van der Waals surface area (Å²) in [7, 11) is 2.81. The van der Waals surface area contributed by atoms with Crippen LogP contribution >= 0.6 is 11.3 Å². The van der Waals surface area contributed by atoms with Crippen LogP contribution in [0.2, 0.25) is 0 Å². The molecule has 0 fully saturated rings. The number of nitro benzene ring substituents is 1. The SMILES string of the molecule is CCOC(=O)C1=C(C)N=c2s/c(=C/c3cc(OC)c(O)c([N+](=O)[O-])c3)c(=O)n2[C@H]1c1ccc(OC)cc1. The molecule has 0 unspecified atom stereocenters. The van der Waals surface area contributed by atoms with Crippen LogP contribution in [0.5, 0.6) is 17.2 Å². The number of benzene rings is 2. The van der Waals surface area contributed by atoms with E-state index < -0.39 is 33.9 Å². The van der Waals surface area contributed by atoms with Gasteiger partial charge in [-0.3, -0.25) is 19.5 Å². The van der Waals surface area contributed by atoms with Gasteiger partial charge in [-0.2, -0.15) is 0 Å². The first-order valence-corrected chi connectivity index (χ1v) is 11.9. The number of allylic oxidation sites excluding steroid dienone is 1. The fraction of sp³-hybridized carbons (Fsp3) is 0.240. The summed E-state index contributed by atoms with van der Waals surface area (Å²) in [5.41, 5.74) is 0.548. The second-order valence-electron chi connectivity index (χ2n) is 7.92. The Morgan fingerprint density at radius 1 is 1.24 bits per heavy atom. The first-order valence-electron chi connectivity index (χ1n) is 11.1. The van der Waals surface area contributed by atoms with Crippen LogP contribution in [0.25, 0.3) is 6.08 Å². The lowest BCUT2D eigenvalue weighted by atomic mass is 9.96. The Bertz CT molecular complexity index is 1600. The third kappa shape index (κ3) is 4.70. The lowest BCUT2D eigenvalue weighted by molar-refractivity contribution is -0.386. The van der Waals surface area contributed by atoms with Crippen LogP contribution in [-0.2, 0) is 9.53 Å². The number of carbonyl (C=O) groups is 1. The van der Waals surface area contributed by atoms with E-state index in [0.717, 1.165) is 17.4 Å². The molecule has 2 aromatic carbocycles. The summed E-state index contributed by atoms with van der Waals surface area (Å²) in [6, 6.07) is 8.69. The number of phenolic OH excluding ortho intramolecular Hbond substituents is 1. The quantitative estimate of drug-likeness (QED) is 0.282. The molecule has 1 aliphatic heterocycles. The molecule has 0 saturated carbocycles. The van der Waals surface area contributed by atoms with E-state index in [1.165, 1.54) is 30.9 Å². The Morgan fingerprint density at radius 2 is 1.95 bits per heavy atom. The molecule has 0 radical (unpaired) electrons. The van der Waals surface area contributed by atoms with E-state index in [1.807, 2.05) is 0 Å². The highest BCUT2D eigenvalue weighted by atomic mass is 32.1. The smallest absolute Gasteiger partial charge is 0.338 e. The lowest BCUT2D eigenvalue weighted by Gasteiger charge is -2.24. The zero-order chi connectivity index (χ0) is 26.9. The van der Waals surface area contributed by atoms with Gasteiger partial charge in [0.1, 0.15) is 5.75 Å². The van der Waals surface area contributed by atoms with E-state index in [1.54, 1.807) is 38.1 Å². The number of carbonyl (C=O) groups excluding carboxylic acids is 1. The van der Waals surface area contributed by atoms with Crippen molar-refractivity contribution in [3.05, 3.63) is 88.6 Å². The van der Waals surface area contributed by atoms with Crippen LogP contribution in [-0.4, -0.2) is 41.4 Å². The number of fused-ring (bicyclic) bond motifs is 1. The molecule has 0 spiro atoms. The number of methoxy groups -OCH3 is 2. The van der Waals surface area contributed by atoms with Crippen LogP contribution < -0.4 is 24.4 Å². The first-order chi connectivity index (χ1) is 17.7. The third-order valence-electron chi connectivity index (χ3n) is 5.74. The molecule has 12 heteroatoms. The molecule has 3 aromatic rings. The van der Waals surface area contributed by atoms with Crippen molar-refractivity contribution in [1.82, 2.24) is 4.57 Å². The summed E-state index contributed by atoms with van der Waals surface area (Å²) >= 11 is 1.07. The van der Waals surface area contributed by atoms with Gasteiger partial charge in [-0.25, -0.2) is 9.79 Å². The summed E-state index contributed by atoms with van der Waals surface area (Å²) in [6.45, 7) is 3.52. The van der Waals surface area contributed by atoms with Crippen molar-refractivity contribution in [2.24, 2.45) is 4.99 Å². The van der Waals surface area contributed by atoms with E-state index in [-0.39, 0.29) is 28.0 Å². The highest BCUT2D eigenvalue weighted by molar-refractivity contribution is 7.07. The summed E-state index contributed by atoms with van der Waals surface area (Å²) in [5, 5.41) is 21.5. The van der Waals surface area contributed by atoms with Gasteiger partial charge < -0.3 is 19.3 Å². The van der Waals surface area contributed by atoms with Crippen LogP contribution in [0.15, 0.2) is 57.5 Å². The van der Waals surface area contributed by atoms with Gasteiger partial charge in [-0.15, -0.1) is 0 Å². The van der Waals surface area contributed by atoms with E-state index in [2.05, 4.69) is 4.99 Å². The molecule has 0 amide bonds. The molecule has 1 aromatic heterocycles. The fourth-order valence-electron chi connectivity index (χ4n) is 4.04. The Labute approximate surface area is 214 Å². The van der Waals surface area contributed by atoms with Crippen molar-refractivity contribution in [1.29, 1.82) is 0 Å². The highest BCUT2D eigenvalue weighted by Gasteiger charge is 2.33. The third-order valence-corrected chi connectivity index (χ3v) is 6.72. The minimum atomic E-state index is -0.813. The number of esters is 1. The fourth-order valence-corrected chi connectivity index (χ4v) is 5.08. The molecule has 0 saturated heterocycles. The lowest BCUT2D eigenvalue weighted by Crippen LogP contribution is -2.39. The van der Waals surface area contributed by atoms with Gasteiger partial charge in [0.25, 0.3) is 5.56 Å². The van der Waals surface area contributed by atoms with E-state index in [9.17, 15) is 24.8 Å². The Hall–Kier alpha value is -4.45. The zero-order valence-electron chi connectivity index (χ0n) is 20.4. The molecule has 0 bridgehead atoms. The minimum absolute atomic E-state index is 0.107. The summed E-state index contributed by atoms with van der Waals surface area (Å²) in [4.78, 5) is 42.1. The number of thiazole rings is 1. The number of rotatable bonds is 7. The predicted molar refractivity (Wildman–Crippen MR) is 135 cm³/mol. The molecule has 1 N–H and O–H groups in total. The highest BCUT2D eigenvalue weighted by Crippen LogP contribution is 2.37. The number of hydrogen-bond donors (Lipinski definition) is 1. The maximum atomic E-state index is 13.7. The van der Waals surface area contributed by atoms with Crippen LogP contribution in [0.4, 0.5) is 5.69 Å². The van der Waals surface area contributed by atoms with Crippen molar-refractivity contribution in [2.75, 3.05) is 20.8 Å². The number of hydrogen-bond acceptors (Lipinski definition) is 10. The molecular weight excluding hydrogens is 502 g/mol. The second kappa shape index (κ2) is 10.3. The standard InChI is InChI=1S/C25H23N3O8S/c1-5-36-24(31)20-13(2)26-25-27(21(20)15-6-8-16(34-3)9-7-15)23(30)19(37-25)12-14-10-17(28(32)33)22(29)18(11-14)35-4/h6-12,21,29H,5H2,1-4H3/b19-12+/t21-/m0/s1. The molecular formula is C25H23N3O8S. The molecule has 11 nitrogen and oxygen atoms in total. The molecule has 4 rings (SSSR count). The molecule has 0 aliphatic carbocycles. The number of aromatic nitrogens is 1. The molecule has 192 valence electrons. The number of aromatic hydroxyl groups is 1. The van der Waals surface area contributed by atoms with E-state index in [0.29, 0.717) is 21.8 Å². The Morgan fingerprint density at radius 3 is 2.54 bits per heavy atom. The molecule has 2 heterocycles. The Kier molecular flexibility index (Phi) is 7.11. The first kappa shape index (κ1) is 25.6. The summed E-state index contributed by atoms with van der Waals surface area (Å²) in [6.07, 6.45) is 1.45. The molecule has 1 atom stereocenters. The molecule has 1 aliphatic rings. The second-order valence-corrected chi connectivity index (χ2v) is 8.93.